The number of rotatable bonds is 6. The normalized spacial score (nSPS) is 24.2. The van der Waals surface area contributed by atoms with Crippen molar-refractivity contribution in [3.63, 3.8) is 0 Å². The van der Waals surface area contributed by atoms with Crippen LogP contribution >= 0.6 is 0 Å². The first kappa shape index (κ1) is 16.3. The maximum Gasteiger partial charge on any atom is 0.389 e. The van der Waals surface area contributed by atoms with Gasteiger partial charge in [0.15, 0.2) is 0 Å². The quantitative estimate of drug-likeness (QED) is 0.735. The summed E-state index contributed by atoms with van der Waals surface area (Å²) in [6, 6.07) is 0.244. The highest BCUT2D eigenvalue weighted by Crippen LogP contribution is 2.26. The number of carbonyl (C=O) groups is 1. The second-order valence-electron chi connectivity index (χ2n) is 5.40. The van der Waals surface area contributed by atoms with Gasteiger partial charge in [0, 0.05) is 25.4 Å². The van der Waals surface area contributed by atoms with Crippen molar-refractivity contribution in [2.45, 2.75) is 63.6 Å². The molecule has 1 amide bonds. The molecule has 0 aromatic rings. The zero-order chi connectivity index (χ0) is 14.3. The molecule has 0 aliphatic heterocycles. The lowest BCUT2D eigenvalue weighted by atomic mass is 9.83. The molecule has 0 radical (unpaired) electrons. The van der Waals surface area contributed by atoms with Crippen molar-refractivity contribution >= 4 is 5.91 Å². The minimum Gasteiger partial charge on any atom is -0.356 e. The average molecular weight is 280 g/mol. The molecule has 0 heterocycles. The Morgan fingerprint density at radius 3 is 2.68 bits per heavy atom. The van der Waals surface area contributed by atoms with Crippen LogP contribution in [0.5, 0.6) is 0 Å². The van der Waals surface area contributed by atoms with Gasteiger partial charge in [0.25, 0.3) is 0 Å². The van der Waals surface area contributed by atoms with E-state index in [4.69, 9.17) is 5.73 Å². The van der Waals surface area contributed by atoms with E-state index in [1.165, 1.54) is 0 Å². The second kappa shape index (κ2) is 7.72. The molecule has 0 saturated heterocycles. The van der Waals surface area contributed by atoms with Gasteiger partial charge in [-0.15, -0.1) is 0 Å². The Kier molecular flexibility index (Phi) is 6.62. The van der Waals surface area contributed by atoms with Gasteiger partial charge in [0.05, 0.1) is 0 Å². The number of amides is 1. The van der Waals surface area contributed by atoms with Crippen molar-refractivity contribution in [1.29, 1.82) is 0 Å². The van der Waals surface area contributed by atoms with Crippen molar-refractivity contribution in [3.05, 3.63) is 0 Å². The van der Waals surface area contributed by atoms with Crippen molar-refractivity contribution in [1.82, 2.24) is 5.32 Å². The third-order valence-corrected chi connectivity index (χ3v) is 3.56. The van der Waals surface area contributed by atoms with E-state index in [-0.39, 0.29) is 24.9 Å². The van der Waals surface area contributed by atoms with Crippen molar-refractivity contribution in [3.8, 4) is 0 Å². The summed E-state index contributed by atoms with van der Waals surface area (Å²) in [4.78, 5) is 11.5. The number of nitrogens with one attached hydrogen (secondary N) is 1. The Balaban J connectivity index is 2.04. The van der Waals surface area contributed by atoms with Gasteiger partial charge in [0.1, 0.15) is 0 Å². The summed E-state index contributed by atoms with van der Waals surface area (Å²) >= 11 is 0. The number of alkyl halides is 3. The molecule has 1 aliphatic carbocycles. The molecule has 0 aromatic heterocycles. The maximum atomic E-state index is 11.9. The Bertz CT molecular complexity index is 282. The molecule has 3 nitrogen and oxygen atoms in total. The number of nitrogens with two attached hydrogens (primary N) is 1. The summed E-state index contributed by atoms with van der Waals surface area (Å²) in [5.74, 6) is 0.339. The van der Waals surface area contributed by atoms with Crippen molar-refractivity contribution in [2.24, 2.45) is 11.7 Å². The van der Waals surface area contributed by atoms with Crippen LogP contribution in [0, 0.1) is 5.92 Å². The zero-order valence-corrected chi connectivity index (χ0v) is 11.1. The summed E-state index contributed by atoms with van der Waals surface area (Å²) in [7, 11) is 0. The van der Waals surface area contributed by atoms with Crippen LogP contribution in [-0.2, 0) is 4.79 Å². The van der Waals surface area contributed by atoms with Crippen LogP contribution in [-0.4, -0.2) is 24.7 Å². The van der Waals surface area contributed by atoms with E-state index in [0.717, 1.165) is 32.1 Å². The highest BCUT2D eigenvalue weighted by molar-refractivity contribution is 5.75. The molecule has 0 spiro atoms. The largest absolute Gasteiger partial charge is 0.389 e. The minimum absolute atomic E-state index is 0.0520. The van der Waals surface area contributed by atoms with Crippen LogP contribution in [0.15, 0.2) is 0 Å². The average Bonchev–Trinajstić information content (AvgIpc) is 2.31. The van der Waals surface area contributed by atoms with Gasteiger partial charge in [-0.1, -0.05) is 12.8 Å². The highest BCUT2D eigenvalue weighted by Gasteiger charge is 2.26. The summed E-state index contributed by atoms with van der Waals surface area (Å²) < 4.78 is 35.6. The molecule has 1 saturated carbocycles. The number of hydrogen-bond acceptors (Lipinski definition) is 2. The lowest BCUT2D eigenvalue weighted by molar-refractivity contribution is -0.136. The first-order chi connectivity index (χ1) is 8.87. The Morgan fingerprint density at radius 1 is 1.32 bits per heavy atom. The first-order valence-electron chi connectivity index (χ1n) is 6.96. The summed E-state index contributed by atoms with van der Waals surface area (Å²) in [6.45, 7) is 0.0997. The van der Waals surface area contributed by atoms with Crippen LogP contribution < -0.4 is 11.1 Å². The molecular weight excluding hydrogens is 257 g/mol. The van der Waals surface area contributed by atoms with Gasteiger partial charge in [-0.25, -0.2) is 0 Å². The highest BCUT2D eigenvalue weighted by atomic mass is 19.4. The molecular formula is C13H23F3N2O. The molecule has 1 aliphatic rings. The predicted octanol–water partition coefficient (Wildman–Crippen LogP) is 2.74. The molecule has 112 valence electrons. The lowest BCUT2D eigenvalue weighted by Gasteiger charge is -2.26. The van der Waals surface area contributed by atoms with E-state index >= 15 is 0 Å². The predicted molar refractivity (Wildman–Crippen MR) is 67.5 cm³/mol. The number of hydrogen-bond donors (Lipinski definition) is 2. The second-order valence-corrected chi connectivity index (χ2v) is 5.40. The molecule has 19 heavy (non-hydrogen) atoms. The van der Waals surface area contributed by atoms with Crippen LogP contribution in [0.3, 0.4) is 0 Å². The van der Waals surface area contributed by atoms with E-state index in [1.807, 2.05) is 0 Å². The standard InChI is InChI=1S/C13H23F3N2O/c14-13(15,16)7-2-8-18-12(19)6-5-10-3-1-4-11(17)9-10/h10-11H,1-9,17H2,(H,18,19). The number of carbonyl (C=O) groups excluding carboxylic acids is 1. The van der Waals surface area contributed by atoms with Gasteiger partial charge in [0.2, 0.25) is 5.91 Å². The molecule has 2 unspecified atom stereocenters. The van der Waals surface area contributed by atoms with E-state index in [2.05, 4.69) is 5.32 Å². The van der Waals surface area contributed by atoms with Gasteiger partial charge in [-0.05, 0) is 31.6 Å². The SMILES string of the molecule is NC1CCCC(CCC(=O)NCCCC(F)(F)F)C1. The van der Waals surface area contributed by atoms with E-state index in [0.29, 0.717) is 12.3 Å². The van der Waals surface area contributed by atoms with Crippen molar-refractivity contribution in [2.75, 3.05) is 6.54 Å². The van der Waals surface area contributed by atoms with Crippen LogP contribution in [0.25, 0.3) is 0 Å². The van der Waals surface area contributed by atoms with E-state index in [9.17, 15) is 18.0 Å². The van der Waals surface area contributed by atoms with Crippen molar-refractivity contribution < 1.29 is 18.0 Å². The summed E-state index contributed by atoms with van der Waals surface area (Å²) in [6.07, 6.45) is 0.384. The zero-order valence-electron chi connectivity index (χ0n) is 11.1. The Hall–Kier alpha value is -0.780. The fourth-order valence-electron chi connectivity index (χ4n) is 2.54. The first-order valence-corrected chi connectivity index (χ1v) is 6.96. The fourth-order valence-corrected chi connectivity index (χ4v) is 2.54. The molecule has 1 rings (SSSR count). The third kappa shape index (κ3) is 8.08. The van der Waals surface area contributed by atoms with Crippen LogP contribution in [0.2, 0.25) is 0 Å². The Morgan fingerprint density at radius 2 is 2.05 bits per heavy atom. The monoisotopic (exact) mass is 280 g/mol. The van der Waals surface area contributed by atoms with Gasteiger partial charge in [-0.2, -0.15) is 13.2 Å². The van der Waals surface area contributed by atoms with Crippen LogP contribution in [0.1, 0.15) is 51.4 Å². The third-order valence-electron chi connectivity index (χ3n) is 3.56. The fraction of sp³-hybridized carbons (Fsp3) is 0.923. The topological polar surface area (TPSA) is 55.1 Å². The summed E-state index contributed by atoms with van der Waals surface area (Å²) in [5.41, 5.74) is 5.86. The molecule has 1 fully saturated rings. The molecule has 2 atom stereocenters. The van der Waals surface area contributed by atoms with Gasteiger partial charge < -0.3 is 11.1 Å². The summed E-state index contributed by atoms with van der Waals surface area (Å²) in [5, 5.41) is 2.54. The van der Waals surface area contributed by atoms with Crippen LogP contribution in [0.4, 0.5) is 13.2 Å². The van der Waals surface area contributed by atoms with Gasteiger partial charge in [-0.3, -0.25) is 4.79 Å². The minimum atomic E-state index is -4.14. The van der Waals surface area contributed by atoms with E-state index < -0.39 is 12.6 Å². The molecule has 0 aromatic carbocycles. The molecule has 6 heteroatoms. The van der Waals surface area contributed by atoms with E-state index in [1.54, 1.807) is 0 Å². The Labute approximate surface area is 112 Å². The smallest absolute Gasteiger partial charge is 0.356 e. The number of halogens is 3. The molecule has 0 bridgehead atoms. The van der Waals surface area contributed by atoms with Gasteiger partial charge >= 0.3 is 6.18 Å². The molecule has 3 N–H and O–H groups in total. The maximum absolute atomic E-state index is 11.9. The lowest BCUT2D eigenvalue weighted by Crippen LogP contribution is -2.29.